The summed E-state index contributed by atoms with van der Waals surface area (Å²) in [6, 6.07) is 29.1. The molecule has 1 aliphatic rings. The Labute approximate surface area is 205 Å². The summed E-state index contributed by atoms with van der Waals surface area (Å²) in [7, 11) is 1.73. The molecule has 0 amide bonds. The zero-order valence-corrected chi connectivity index (χ0v) is 19.7. The van der Waals surface area contributed by atoms with E-state index in [2.05, 4.69) is 81.2 Å². The molecular formula is C29H27N5O. The fourth-order valence-electron chi connectivity index (χ4n) is 4.96. The maximum absolute atomic E-state index is 5.60. The van der Waals surface area contributed by atoms with E-state index in [9.17, 15) is 0 Å². The Morgan fingerprint density at radius 2 is 1.37 bits per heavy atom. The fraction of sp³-hybridized carbons (Fsp3) is 0.172. The van der Waals surface area contributed by atoms with Crippen molar-refractivity contribution in [3.05, 3.63) is 97.5 Å². The predicted molar refractivity (Wildman–Crippen MR) is 142 cm³/mol. The van der Waals surface area contributed by atoms with Crippen LogP contribution in [0.15, 0.2) is 97.5 Å². The van der Waals surface area contributed by atoms with Crippen LogP contribution in [0.1, 0.15) is 0 Å². The lowest BCUT2D eigenvalue weighted by molar-refractivity contribution is 0.413. The van der Waals surface area contributed by atoms with Crippen LogP contribution in [-0.4, -0.2) is 47.8 Å². The van der Waals surface area contributed by atoms with Gasteiger partial charge in [-0.05, 0) is 29.8 Å². The molecule has 2 aromatic heterocycles. The van der Waals surface area contributed by atoms with Crippen LogP contribution < -0.4 is 14.5 Å². The normalized spacial score (nSPS) is 13.9. The quantitative estimate of drug-likeness (QED) is 0.350. The highest BCUT2D eigenvalue weighted by atomic mass is 16.5. The van der Waals surface area contributed by atoms with E-state index < -0.39 is 0 Å². The van der Waals surface area contributed by atoms with Gasteiger partial charge in [-0.2, -0.15) is 0 Å². The van der Waals surface area contributed by atoms with Gasteiger partial charge in [-0.3, -0.25) is 0 Å². The smallest absolute Gasteiger partial charge is 0.150 e. The molecule has 6 rings (SSSR count). The van der Waals surface area contributed by atoms with Crippen LogP contribution in [0.2, 0.25) is 0 Å². The van der Waals surface area contributed by atoms with Crippen molar-refractivity contribution in [3.63, 3.8) is 0 Å². The zero-order chi connectivity index (χ0) is 23.6. The van der Waals surface area contributed by atoms with Crippen LogP contribution >= 0.6 is 0 Å². The van der Waals surface area contributed by atoms with Crippen LogP contribution in [0.4, 0.5) is 11.5 Å². The standard InChI is InChI=1S/C29H27N5O/c1-35-26-15-9-8-14-25(26)32-16-18-33(19-17-32)28-27-24(22-10-4-2-5-11-22)20-34(29(27)31-21-30-28)23-12-6-3-7-13-23/h2-15,20-21H,16-19H2,1H3. The van der Waals surface area contributed by atoms with Crippen molar-refractivity contribution in [3.8, 4) is 22.6 Å². The maximum Gasteiger partial charge on any atom is 0.150 e. The summed E-state index contributed by atoms with van der Waals surface area (Å²) in [5.41, 5.74) is 5.46. The predicted octanol–water partition coefficient (Wildman–Crippen LogP) is 5.42. The van der Waals surface area contributed by atoms with Gasteiger partial charge in [0.15, 0.2) is 5.65 Å². The number of para-hydroxylation sites is 3. The van der Waals surface area contributed by atoms with Crippen molar-refractivity contribution in [2.75, 3.05) is 43.1 Å². The molecule has 1 fully saturated rings. The maximum atomic E-state index is 5.60. The van der Waals surface area contributed by atoms with Crippen molar-refractivity contribution < 1.29 is 4.74 Å². The number of hydrogen-bond donors (Lipinski definition) is 0. The van der Waals surface area contributed by atoms with Crippen molar-refractivity contribution in [1.82, 2.24) is 14.5 Å². The summed E-state index contributed by atoms with van der Waals surface area (Å²) in [4.78, 5) is 14.3. The van der Waals surface area contributed by atoms with Crippen molar-refractivity contribution in [2.24, 2.45) is 0 Å². The van der Waals surface area contributed by atoms with Gasteiger partial charge in [-0.15, -0.1) is 0 Å². The third-order valence-corrected chi connectivity index (χ3v) is 6.69. The lowest BCUT2D eigenvalue weighted by Gasteiger charge is -2.37. The molecule has 174 valence electrons. The molecule has 3 heterocycles. The molecule has 5 aromatic rings. The number of piperazine rings is 1. The van der Waals surface area contributed by atoms with Crippen molar-refractivity contribution >= 4 is 22.5 Å². The SMILES string of the molecule is COc1ccccc1N1CCN(c2ncnc3c2c(-c2ccccc2)cn3-c2ccccc2)CC1. The summed E-state index contributed by atoms with van der Waals surface area (Å²) >= 11 is 0. The first-order chi connectivity index (χ1) is 17.3. The molecule has 0 spiro atoms. The molecule has 0 N–H and O–H groups in total. The van der Waals surface area contributed by atoms with Gasteiger partial charge in [0.25, 0.3) is 0 Å². The highest BCUT2D eigenvalue weighted by Crippen LogP contribution is 2.37. The van der Waals surface area contributed by atoms with Gasteiger partial charge in [-0.1, -0.05) is 60.7 Å². The minimum atomic E-state index is 0.870. The van der Waals surface area contributed by atoms with E-state index in [1.54, 1.807) is 13.4 Å². The fourth-order valence-corrected chi connectivity index (χ4v) is 4.96. The molecule has 1 aliphatic heterocycles. The van der Waals surface area contributed by atoms with E-state index in [1.165, 1.54) is 0 Å². The minimum Gasteiger partial charge on any atom is -0.495 e. The second-order valence-electron chi connectivity index (χ2n) is 8.66. The van der Waals surface area contributed by atoms with E-state index in [1.807, 2.05) is 24.3 Å². The molecule has 6 nitrogen and oxygen atoms in total. The number of nitrogens with zero attached hydrogens (tertiary/aromatic N) is 5. The van der Waals surface area contributed by atoms with Gasteiger partial charge in [0.1, 0.15) is 17.9 Å². The Hall–Kier alpha value is -4.32. The van der Waals surface area contributed by atoms with Crippen LogP contribution in [0.25, 0.3) is 27.8 Å². The van der Waals surface area contributed by atoms with Gasteiger partial charge in [0, 0.05) is 43.6 Å². The molecule has 0 saturated carbocycles. The number of methoxy groups -OCH3 is 1. The molecule has 1 saturated heterocycles. The molecule has 0 radical (unpaired) electrons. The van der Waals surface area contributed by atoms with Crippen LogP contribution in [0, 0.1) is 0 Å². The Kier molecular flexibility index (Phi) is 5.54. The lowest BCUT2D eigenvalue weighted by Crippen LogP contribution is -2.47. The number of fused-ring (bicyclic) bond motifs is 1. The largest absolute Gasteiger partial charge is 0.495 e. The number of anilines is 2. The van der Waals surface area contributed by atoms with E-state index in [0.717, 1.165) is 71.3 Å². The Morgan fingerprint density at radius 3 is 2.11 bits per heavy atom. The summed E-state index contributed by atoms with van der Waals surface area (Å²) < 4.78 is 7.77. The summed E-state index contributed by atoms with van der Waals surface area (Å²) in [6.07, 6.45) is 3.89. The molecule has 6 heteroatoms. The molecule has 0 unspecified atom stereocenters. The lowest BCUT2D eigenvalue weighted by atomic mass is 10.1. The molecule has 35 heavy (non-hydrogen) atoms. The van der Waals surface area contributed by atoms with E-state index >= 15 is 0 Å². The van der Waals surface area contributed by atoms with Gasteiger partial charge >= 0.3 is 0 Å². The van der Waals surface area contributed by atoms with Gasteiger partial charge in [-0.25, -0.2) is 9.97 Å². The molecule has 0 atom stereocenters. The second kappa shape index (κ2) is 9.14. The van der Waals surface area contributed by atoms with Crippen LogP contribution in [0.3, 0.4) is 0 Å². The number of benzene rings is 3. The first kappa shape index (κ1) is 21.2. The number of hydrogen-bond acceptors (Lipinski definition) is 5. The Morgan fingerprint density at radius 1 is 0.714 bits per heavy atom. The first-order valence-electron chi connectivity index (χ1n) is 11.9. The monoisotopic (exact) mass is 461 g/mol. The minimum absolute atomic E-state index is 0.870. The molecule has 0 aliphatic carbocycles. The zero-order valence-electron chi connectivity index (χ0n) is 19.7. The van der Waals surface area contributed by atoms with E-state index in [4.69, 9.17) is 14.7 Å². The van der Waals surface area contributed by atoms with Crippen LogP contribution in [-0.2, 0) is 0 Å². The molecular weight excluding hydrogens is 434 g/mol. The summed E-state index contributed by atoms with van der Waals surface area (Å²) in [6.45, 7) is 3.53. The summed E-state index contributed by atoms with van der Waals surface area (Å²) in [5, 5.41) is 1.09. The van der Waals surface area contributed by atoms with Crippen molar-refractivity contribution in [2.45, 2.75) is 0 Å². The third kappa shape index (κ3) is 3.87. The number of rotatable bonds is 5. The first-order valence-corrected chi connectivity index (χ1v) is 11.9. The topological polar surface area (TPSA) is 46.4 Å². The van der Waals surface area contributed by atoms with Crippen molar-refractivity contribution in [1.29, 1.82) is 0 Å². The average molecular weight is 462 g/mol. The van der Waals surface area contributed by atoms with E-state index in [-0.39, 0.29) is 0 Å². The van der Waals surface area contributed by atoms with E-state index in [0.29, 0.717) is 0 Å². The van der Waals surface area contributed by atoms with Crippen LogP contribution in [0.5, 0.6) is 5.75 Å². The second-order valence-corrected chi connectivity index (χ2v) is 8.66. The number of ether oxygens (including phenoxy) is 1. The van der Waals surface area contributed by atoms with Gasteiger partial charge < -0.3 is 19.1 Å². The Balaban J connectivity index is 1.41. The highest BCUT2D eigenvalue weighted by Gasteiger charge is 2.25. The third-order valence-electron chi connectivity index (χ3n) is 6.69. The van der Waals surface area contributed by atoms with Gasteiger partial charge in [0.05, 0.1) is 18.2 Å². The van der Waals surface area contributed by atoms with Gasteiger partial charge in [0.2, 0.25) is 0 Å². The highest BCUT2D eigenvalue weighted by molar-refractivity contribution is 6.02. The average Bonchev–Trinajstić information content (AvgIpc) is 3.34. The molecule has 3 aromatic carbocycles. The summed E-state index contributed by atoms with van der Waals surface area (Å²) in [5.74, 6) is 1.90. The Bertz CT molecular complexity index is 1440. The molecule has 0 bridgehead atoms. The number of aromatic nitrogens is 3.